The Kier molecular flexibility index (Phi) is 3.63. The van der Waals surface area contributed by atoms with Gasteiger partial charge >= 0.3 is 0 Å². The van der Waals surface area contributed by atoms with Crippen LogP contribution in [0.15, 0.2) is 41.3 Å². The lowest BCUT2D eigenvalue weighted by molar-refractivity contribution is 0.599. The van der Waals surface area contributed by atoms with E-state index in [-0.39, 0.29) is 16.3 Å². The first-order chi connectivity index (χ1) is 9.29. The van der Waals surface area contributed by atoms with E-state index in [1.165, 1.54) is 19.1 Å². The second-order valence-electron chi connectivity index (χ2n) is 4.25. The molecule has 0 heterocycles. The van der Waals surface area contributed by atoms with Crippen molar-refractivity contribution < 1.29 is 17.2 Å². The standard InChI is InChI=1S/C13H12F2N2O2S/c1-8-6-9(2-4-11(8)14)17-20(18,19)10-3-5-12(15)13(16)7-10/h2-7,17H,16H2,1H3. The minimum Gasteiger partial charge on any atom is -0.396 e. The lowest BCUT2D eigenvalue weighted by atomic mass is 10.2. The number of nitrogens with two attached hydrogens (primary N) is 1. The highest BCUT2D eigenvalue weighted by Gasteiger charge is 2.16. The fraction of sp³-hybridized carbons (Fsp3) is 0.0769. The number of hydrogen-bond acceptors (Lipinski definition) is 3. The minimum absolute atomic E-state index is 0.168. The van der Waals surface area contributed by atoms with Crippen LogP contribution in [-0.4, -0.2) is 8.42 Å². The summed E-state index contributed by atoms with van der Waals surface area (Å²) < 4.78 is 52.6. The van der Waals surface area contributed by atoms with Crippen LogP contribution in [0.1, 0.15) is 5.56 Å². The van der Waals surface area contributed by atoms with Crippen LogP contribution in [0.25, 0.3) is 0 Å². The highest BCUT2D eigenvalue weighted by atomic mass is 32.2. The third-order valence-corrected chi connectivity index (χ3v) is 4.07. The molecule has 4 nitrogen and oxygen atoms in total. The Balaban J connectivity index is 2.35. The number of anilines is 2. The van der Waals surface area contributed by atoms with Crippen molar-refractivity contribution in [2.75, 3.05) is 10.5 Å². The van der Waals surface area contributed by atoms with Crippen molar-refractivity contribution >= 4 is 21.4 Å². The Hall–Kier alpha value is -2.15. The zero-order valence-corrected chi connectivity index (χ0v) is 11.3. The molecule has 0 fully saturated rings. The third-order valence-electron chi connectivity index (χ3n) is 2.69. The SMILES string of the molecule is Cc1cc(NS(=O)(=O)c2ccc(F)c(N)c2)ccc1F. The molecule has 0 radical (unpaired) electrons. The van der Waals surface area contributed by atoms with Gasteiger partial charge < -0.3 is 5.73 Å². The van der Waals surface area contributed by atoms with Crippen LogP contribution in [0.4, 0.5) is 20.2 Å². The van der Waals surface area contributed by atoms with Gasteiger partial charge in [-0.1, -0.05) is 0 Å². The van der Waals surface area contributed by atoms with Gasteiger partial charge in [0.1, 0.15) is 11.6 Å². The average Bonchev–Trinajstić information content (AvgIpc) is 2.37. The molecule has 2 aromatic carbocycles. The molecule has 20 heavy (non-hydrogen) atoms. The van der Waals surface area contributed by atoms with Crippen molar-refractivity contribution in [2.24, 2.45) is 0 Å². The van der Waals surface area contributed by atoms with Crippen molar-refractivity contribution in [3.63, 3.8) is 0 Å². The summed E-state index contributed by atoms with van der Waals surface area (Å²) in [6, 6.07) is 6.91. The second kappa shape index (κ2) is 5.09. The van der Waals surface area contributed by atoms with Gasteiger partial charge in [-0.2, -0.15) is 0 Å². The molecular formula is C13H12F2N2O2S. The first kappa shape index (κ1) is 14.3. The molecule has 0 atom stereocenters. The molecule has 106 valence electrons. The number of hydrogen-bond donors (Lipinski definition) is 2. The zero-order chi connectivity index (χ0) is 14.9. The molecular weight excluding hydrogens is 286 g/mol. The predicted molar refractivity (Wildman–Crippen MR) is 72.8 cm³/mol. The summed E-state index contributed by atoms with van der Waals surface area (Å²) in [6.07, 6.45) is 0. The summed E-state index contributed by atoms with van der Waals surface area (Å²) in [5.74, 6) is -1.12. The van der Waals surface area contributed by atoms with Crippen LogP contribution in [0.5, 0.6) is 0 Å². The summed E-state index contributed by atoms with van der Waals surface area (Å²) in [5.41, 5.74) is 5.60. The van der Waals surface area contributed by atoms with Crippen molar-refractivity contribution in [1.29, 1.82) is 0 Å². The van der Waals surface area contributed by atoms with Crippen LogP contribution in [0, 0.1) is 18.6 Å². The van der Waals surface area contributed by atoms with Crippen LogP contribution >= 0.6 is 0 Å². The van der Waals surface area contributed by atoms with Gasteiger partial charge in [0.05, 0.1) is 10.6 Å². The maximum Gasteiger partial charge on any atom is 0.261 e. The smallest absolute Gasteiger partial charge is 0.261 e. The number of aryl methyl sites for hydroxylation is 1. The fourth-order valence-corrected chi connectivity index (χ4v) is 2.70. The normalized spacial score (nSPS) is 11.3. The van der Waals surface area contributed by atoms with Gasteiger partial charge in [-0.3, -0.25) is 4.72 Å². The van der Waals surface area contributed by atoms with E-state index in [2.05, 4.69) is 4.72 Å². The maximum atomic E-state index is 13.1. The first-order valence-corrected chi connectivity index (χ1v) is 7.12. The number of nitrogen functional groups attached to an aromatic ring is 1. The van der Waals surface area contributed by atoms with Gasteiger partial charge in [0.2, 0.25) is 0 Å². The molecule has 2 rings (SSSR count). The van der Waals surface area contributed by atoms with Gasteiger partial charge in [0, 0.05) is 5.69 Å². The van der Waals surface area contributed by atoms with Gasteiger partial charge in [0.25, 0.3) is 10.0 Å². The van der Waals surface area contributed by atoms with E-state index in [1.54, 1.807) is 0 Å². The van der Waals surface area contributed by atoms with Crippen LogP contribution in [-0.2, 0) is 10.0 Å². The van der Waals surface area contributed by atoms with Crippen LogP contribution < -0.4 is 10.5 Å². The summed E-state index contributed by atoms with van der Waals surface area (Å²) in [4.78, 5) is -0.168. The molecule has 0 aliphatic carbocycles. The van der Waals surface area contributed by atoms with E-state index >= 15 is 0 Å². The number of benzene rings is 2. The minimum atomic E-state index is -3.90. The number of sulfonamides is 1. The molecule has 0 saturated heterocycles. The molecule has 3 N–H and O–H groups in total. The Bertz CT molecular complexity index is 761. The summed E-state index contributed by atoms with van der Waals surface area (Å²) in [7, 11) is -3.90. The van der Waals surface area contributed by atoms with Gasteiger partial charge in [0.15, 0.2) is 0 Å². The average molecular weight is 298 g/mol. The first-order valence-electron chi connectivity index (χ1n) is 5.63. The van der Waals surface area contributed by atoms with E-state index in [0.29, 0.717) is 5.56 Å². The lowest BCUT2D eigenvalue weighted by Crippen LogP contribution is -2.13. The highest BCUT2D eigenvalue weighted by Crippen LogP contribution is 2.21. The molecule has 0 aliphatic heterocycles. The molecule has 0 spiro atoms. The summed E-state index contributed by atoms with van der Waals surface area (Å²) >= 11 is 0. The molecule has 0 aliphatic rings. The maximum absolute atomic E-state index is 13.1. The monoisotopic (exact) mass is 298 g/mol. The fourth-order valence-electron chi connectivity index (χ4n) is 1.61. The second-order valence-corrected chi connectivity index (χ2v) is 5.94. The Morgan fingerprint density at radius 1 is 1.05 bits per heavy atom. The van der Waals surface area contributed by atoms with E-state index in [4.69, 9.17) is 5.73 Å². The molecule has 0 aromatic heterocycles. The van der Waals surface area contributed by atoms with Crippen LogP contribution in [0.2, 0.25) is 0 Å². The Morgan fingerprint density at radius 3 is 2.30 bits per heavy atom. The lowest BCUT2D eigenvalue weighted by Gasteiger charge is -2.09. The van der Waals surface area contributed by atoms with Gasteiger partial charge in [-0.05, 0) is 48.9 Å². The zero-order valence-electron chi connectivity index (χ0n) is 10.5. The summed E-state index contributed by atoms with van der Waals surface area (Å²) in [5, 5.41) is 0. The van der Waals surface area contributed by atoms with E-state index in [0.717, 1.165) is 24.3 Å². The molecule has 7 heteroatoms. The van der Waals surface area contributed by atoms with Crippen molar-refractivity contribution in [3.05, 3.63) is 53.6 Å². The Labute approximate surface area is 115 Å². The summed E-state index contributed by atoms with van der Waals surface area (Å²) in [6.45, 7) is 1.52. The quantitative estimate of drug-likeness (QED) is 0.856. The molecule has 0 amide bonds. The Morgan fingerprint density at radius 2 is 1.70 bits per heavy atom. The van der Waals surface area contributed by atoms with Gasteiger partial charge in [-0.15, -0.1) is 0 Å². The molecule has 0 unspecified atom stereocenters. The van der Waals surface area contributed by atoms with E-state index < -0.39 is 21.7 Å². The number of halogens is 2. The largest absolute Gasteiger partial charge is 0.396 e. The molecule has 2 aromatic rings. The van der Waals surface area contributed by atoms with Crippen molar-refractivity contribution in [2.45, 2.75) is 11.8 Å². The van der Waals surface area contributed by atoms with Crippen molar-refractivity contribution in [1.82, 2.24) is 0 Å². The predicted octanol–water partition coefficient (Wildman–Crippen LogP) is 2.66. The highest BCUT2D eigenvalue weighted by molar-refractivity contribution is 7.92. The van der Waals surface area contributed by atoms with Gasteiger partial charge in [-0.25, -0.2) is 17.2 Å². The third kappa shape index (κ3) is 2.88. The van der Waals surface area contributed by atoms with E-state index in [9.17, 15) is 17.2 Å². The molecule has 0 saturated carbocycles. The van der Waals surface area contributed by atoms with E-state index in [1.807, 2.05) is 0 Å². The molecule has 0 bridgehead atoms. The number of rotatable bonds is 3. The van der Waals surface area contributed by atoms with Crippen molar-refractivity contribution in [3.8, 4) is 0 Å². The number of nitrogens with one attached hydrogen (secondary N) is 1. The topological polar surface area (TPSA) is 72.2 Å². The van der Waals surface area contributed by atoms with Crippen LogP contribution in [0.3, 0.4) is 0 Å².